The number of H-pyrrole nitrogens is 1. The Morgan fingerprint density at radius 2 is 1.89 bits per heavy atom. The van der Waals surface area contributed by atoms with Gasteiger partial charge in [0, 0.05) is 24.0 Å². The fourth-order valence-corrected chi connectivity index (χ4v) is 3.61. The molecule has 2 aromatic heterocycles. The Hall–Kier alpha value is -3.46. The molecule has 9 heteroatoms. The van der Waals surface area contributed by atoms with Crippen molar-refractivity contribution in [3.63, 3.8) is 0 Å². The zero-order valence-electron chi connectivity index (χ0n) is 13.9. The van der Waals surface area contributed by atoms with Gasteiger partial charge >= 0.3 is 0 Å². The number of aromatic amines is 1. The summed E-state index contributed by atoms with van der Waals surface area (Å²) < 4.78 is 1.78. The minimum atomic E-state index is -0.418. The zero-order valence-corrected chi connectivity index (χ0v) is 14.7. The Bertz CT molecular complexity index is 1190. The summed E-state index contributed by atoms with van der Waals surface area (Å²) in [6, 6.07) is 17.5. The maximum atomic E-state index is 12.0. The van der Waals surface area contributed by atoms with Crippen molar-refractivity contribution in [2.75, 3.05) is 0 Å². The number of hydrogen-bond acceptors (Lipinski definition) is 6. The SMILES string of the molecule is O=c1cc(-c2ccccc2)n2c(SCc3cccc([N+](=O)[O-])c3)nnc2[nH]1. The van der Waals surface area contributed by atoms with Gasteiger partial charge in [-0.2, -0.15) is 0 Å². The van der Waals surface area contributed by atoms with E-state index in [2.05, 4.69) is 15.2 Å². The first kappa shape index (κ1) is 17.0. The van der Waals surface area contributed by atoms with Gasteiger partial charge in [0.15, 0.2) is 5.16 Å². The second-order valence-corrected chi connectivity index (χ2v) is 6.68. The van der Waals surface area contributed by atoms with Crippen LogP contribution in [0.15, 0.2) is 70.6 Å². The van der Waals surface area contributed by atoms with Gasteiger partial charge in [0.05, 0.1) is 10.6 Å². The number of benzene rings is 2. The summed E-state index contributed by atoms with van der Waals surface area (Å²) in [6.45, 7) is 0. The molecular weight excluding hydrogens is 366 g/mol. The number of nitro benzene ring substituents is 1. The van der Waals surface area contributed by atoms with Crippen LogP contribution >= 0.6 is 11.8 Å². The van der Waals surface area contributed by atoms with E-state index in [4.69, 9.17) is 0 Å². The number of hydrogen-bond donors (Lipinski definition) is 1. The van der Waals surface area contributed by atoms with Crippen molar-refractivity contribution in [2.45, 2.75) is 10.9 Å². The van der Waals surface area contributed by atoms with Crippen LogP contribution < -0.4 is 5.56 Å². The number of non-ortho nitro benzene ring substituents is 1. The number of nitrogens with zero attached hydrogens (tertiary/aromatic N) is 4. The summed E-state index contributed by atoms with van der Waals surface area (Å²) in [5.74, 6) is 0.832. The van der Waals surface area contributed by atoms with E-state index in [0.717, 1.165) is 11.1 Å². The second kappa shape index (κ2) is 7.04. The molecule has 0 aliphatic heterocycles. The highest BCUT2D eigenvalue weighted by Crippen LogP contribution is 2.27. The molecule has 0 spiro atoms. The summed E-state index contributed by atoms with van der Waals surface area (Å²) in [5, 5.41) is 19.7. The molecule has 0 aliphatic rings. The lowest BCUT2D eigenvalue weighted by molar-refractivity contribution is -0.384. The van der Waals surface area contributed by atoms with Gasteiger partial charge in [0.1, 0.15) is 0 Å². The van der Waals surface area contributed by atoms with Gasteiger partial charge in [0.2, 0.25) is 5.78 Å². The topological polar surface area (TPSA) is 106 Å². The molecule has 0 saturated carbocycles. The van der Waals surface area contributed by atoms with Crippen molar-refractivity contribution >= 4 is 23.2 Å². The van der Waals surface area contributed by atoms with Gasteiger partial charge in [-0.05, 0) is 11.1 Å². The smallest absolute Gasteiger partial charge is 0.269 e. The predicted octanol–water partition coefficient (Wildman–Crippen LogP) is 3.29. The number of aromatic nitrogens is 4. The number of rotatable bonds is 5. The van der Waals surface area contributed by atoms with Gasteiger partial charge in [-0.3, -0.25) is 24.3 Å². The lowest BCUT2D eigenvalue weighted by atomic mass is 10.1. The Balaban J connectivity index is 1.72. The third-order valence-corrected chi connectivity index (χ3v) is 4.94. The predicted molar refractivity (Wildman–Crippen MR) is 102 cm³/mol. The van der Waals surface area contributed by atoms with E-state index in [1.54, 1.807) is 10.5 Å². The van der Waals surface area contributed by atoms with E-state index >= 15 is 0 Å². The van der Waals surface area contributed by atoms with E-state index in [1.165, 1.54) is 30.0 Å². The van der Waals surface area contributed by atoms with E-state index in [1.807, 2.05) is 36.4 Å². The summed E-state index contributed by atoms with van der Waals surface area (Å²) >= 11 is 1.39. The summed E-state index contributed by atoms with van der Waals surface area (Å²) in [5.41, 5.74) is 2.14. The number of thioether (sulfide) groups is 1. The van der Waals surface area contributed by atoms with Crippen LogP contribution in [0, 0.1) is 10.1 Å². The third kappa shape index (κ3) is 3.44. The minimum Gasteiger partial charge on any atom is -0.291 e. The van der Waals surface area contributed by atoms with Crippen molar-refractivity contribution in [3.8, 4) is 11.3 Å². The average Bonchev–Trinajstić information content (AvgIpc) is 3.09. The summed E-state index contributed by atoms with van der Waals surface area (Å²) in [7, 11) is 0. The highest BCUT2D eigenvalue weighted by Gasteiger charge is 2.14. The van der Waals surface area contributed by atoms with Crippen LogP contribution in [-0.2, 0) is 5.75 Å². The lowest BCUT2D eigenvalue weighted by Gasteiger charge is -2.07. The first-order valence-electron chi connectivity index (χ1n) is 8.02. The Morgan fingerprint density at radius 1 is 1.07 bits per heavy atom. The van der Waals surface area contributed by atoms with Crippen LogP contribution in [0.1, 0.15) is 5.56 Å². The fraction of sp³-hybridized carbons (Fsp3) is 0.0556. The van der Waals surface area contributed by atoms with E-state index in [9.17, 15) is 14.9 Å². The molecule has 8 nitrogen and oxygen atoms in total. The van der Waals surface area contributed by atoms with Crippen LogP contribution in [-0.4, -0.2) is 24.5 Å². The van der Waals surface area contributed by atoms with E-state index in [0.29, 0.717) is 22.4 Å². The van der Waals surface area contributed by atoms with Crippen LogP contribution in [0.4, 0.5) is 5.69 Å². The molecule has 0 atom stereocenters. The van der Waals surface area contributed by atoms with Crippen LogP contribution in [0.25, 0.3) is 17.0 Å². The molecule has 0 aliphatic carbocycles. The van der Waals surface area contributed by atoms with Crippen molar-refractivity contribution in [3.05, 3.63) is 86.7 Å². The monoisotopic (exact) mass is 379 g/mol. The standard InChI is InChI=1S/C18H13N5O3S/c24-16-10-15(13-6-2-1-3-7-13)22-17(19-16)20-21-18(22)27-11-12-5-4-8-14(9-12)23(25)26/h1-10H,11H2,(H,19,20,24). The summed E-state index contributed by atoms with van der Waals surface area (Å²) in [6.07, 6.45) is 0. The molecule has 1 N–H and O–H groups in total. The Morgan fingerprint density at radius 3 is 2.67 bits per heavy atom. The molecule has 4 rings (SSSR count). The van der Waals surface area contributed by atoms with E-state index < -0.39 is 4.92 Å². The average molecular weight is 379 g/mol. The molecular formula is C18H13N5O3S. The highest BCUT2D eigenvalue weighted by molar-refractivity contribution is 7.98. The van der Waals surface area contributed by atoms with Crippen molar-refractivity contribution in [1.29, 1.82) is 0 Å². The molecule has 0 radical (unpaired) electrons. The van der Waals surface area contributed by atoms with E-state index in [-0.39, 0.29) is 11.2 Å². The minimum absolute atomic E-state index is 0.0495. The van der Waals surface area contributed by atoms with Gasteiger partial charge in [0.25, 0.3) is 11.2 Å². The van der Waals surface area contributed by atoms with Gasteiger partial charge in [-0.1, -0.05) is 54.2 Å². The molecule has 0 fully saturated rings. The first-order chi connectivity index (χ1) is 13.1. The second-order valence-electron chi connectivity index (χ2n) is 5.74. The van der Waals surface area contributed by atoms with Gasteiger partial charge in [-0.25, -0.2) is 0 Å². The zero-order chi connectivity index (χ0) is 18.8. The maximum absolute atomic E-state index is 12.0. The van der Waals surface area contributed by atoms with Gasteiger partial charge < -0.3 is 0 Å². The largest absolute Gasteiger partial charge is 0.291 e. The number of nitrogens with one attached hydrogen (secondary N) is 1. The Kier molecular flexibility index (Phi) is 4.43. The molecule has 2 heterocycles. The van der Waals surface area contributed by atoms with Crippen LogP contribution in [0.3, 0.4) is 0 Å². The quantitative estimate of drug-likeness (QED) is 0.324. The maximum Gasteiger partial charge on any atom is 0.269 e. The lowest BCUT2D eigenvalue weighted by Crippen LogP contribution is -2.09. The molecule has 27 heavy (non-hydrogen) atoms. The Labute approximate surface area is 157 Å². The molecule has 4 aromatic rings. The molecule has 0 amide bonds. The number of nitro groups is 1. The molecule has 134 valence electrons. The van der Waals surface area contributed by atoms with Crippen molar-refractivity contribution in [2.24, 2.45) is 0 Å². The molecule has 2 aromatic carbocycles. The van der Waals surface area contributed by atoms with Crippen molar-refractivity contribution < 1.29 is 4.92 Å². The molecule has 0 saturated heterocycles. The normalized spacial score (nSPS) is 11.0. The molecule has 0 unspecified atom stereocenters. The first-order valence-corrected chi connectivity index (χ1v) is 9.00. The number of fused-ring (bicyclic) bond motifs is 1. The molecule has 0 bridgehead atoms. The van der Waals surface area contributed by atoms with Crippen LogP contribution in [0.2, 0.25) is 0 Å². The summed E-state index contributed by atoms with van der Waals surface area (Å²) in [4.78, 5) is 25.1. The van der Waals surface area contributed by atoms with Gasteiger partial charge in [-0.15, -0.1) is 10.2 Å². The van der Waals surface area contributed by atoms with Crippen molar-refractivity contribution in [1.82, 2.24) is 19.6 Å². The van der Waals surface area contributed by atoms with Crippen LogP contribution in [0.5, 0.6) is 0 Å². The fourth-order valence-electron chi connectivity index (χ4n) is 2.73. The third-order valence-electron chi connectivity index (χ3n) is 3.94. The highest BCUT2D eigenvalue weighted by atomic mass is 32.2.